The molecule has 3 heteroatoms. The number of aryl methyl sites for hydroxylation is 1. The first-order chi connectivity index (χ1) is 6.06. The van der Waals surface area contributed by atoms with Gasteiger partial charge in [0.05, 0.1) is 0 Å². The molecule has 0 aliphatic carbocycles. The molecule has 1 aromatic carbocycles. The van der Waals surface area contributed by atoms with E-state index < -0.39 is 6.10 Å². The van der Waals surface area contributed by atoms with E-state index in [1.807, 2.05) is 13.0 Å². The van der Waals surface area contributed by atoms with Gasteiger partial charge in [0.1, 0.15) is 6.10 Å². The van der Waals surface area contributed by atoms with E-state index in [0.717, 1.165) is 10.0 Å². The lowest BCUT2D eigenvalue weighted by Crippen LogP contribution is -1.95. The van der Waals surface area contributed by atoms with E-state index in [4.69, 9.17) is 18.0 Å². The summed E-state index contributed by atoms with van der Waals surface area (Å²) in [6, 6.07) is 3.50. The third-order valence-corrected chi connectivity index (χ3v) is 2.82. The molecule has 0 aliphatic heterocycles. The highest BCUT2D eigenvalue weighted by Gasteiger charge is 2.10. The Bertz CT molecular complexity index is 368. The Morgan fingerprint density at radius 3 is 2.77 bits per heavy atom. The fourth-order valence-electron chi connectivity index (χ4n) is 0.961. The van der Waals surface area contributed by atoms with E-state index in [-0.39, 0.29) is 0 Å². The smallest absolute Gasteiger partial charge is 0.141 e. The van der Waals surface area contributed by atoms with Gasteiger partial charge in [-0.25, -0.2) is 0 Å². The van der Waals surface area contributed by atoms with E-state index in [0.29, 0.717) is 10.6 Å². The second-order valence-corrected chi connectivity index (χ2v) is 3.95. The molecule has 0 fully saturated rings. The van der Waals surface area contributed by atoms with Crippen LogP contribution in [0.3, 0.4) is 0 Å². The molecule has 0 spiro atoms. The Morgan fingerprint density at radius 2 is 2.23 bits per heavy atom. The monoisotopic (exact) mass is 258 g/mol. The van der Waals surface area contributed by atoms with Crippen molar-refractivity contribution < 1.29 is 5.11 Å². The molecule has 0 saturated carbocycles. The van der Waals surface area contributed by atoms with Crippen molar-refractivity contribution in [3.8, 4) is 12.3 Å². The van der Waals surface area contributed by atoms with Crippen LogP contribution in [0.2, 0.25) is 5.02 Å². The normalized spacial score (nSPS) is 12.2. The van der Waals surface area contributed by atoms with E-state index in [2.05, 4.69) is 21.9 Å². The fourth-order valence-corrected chi connectivity index (χ4v) is 1.81. The number of aliphatic hydroxyl groups excluding tert-OH is 1. The Labute approximate surface area is 90.9 Å². The summed E-state index contributed by atoms with van der Waals surface area (Å²) in [6.45, 7) is 1.89. The average molecular weight is 260 g/mol. The molecule has 1 N–H and O–H groups in total. The van der Waals surface area contributed by atoms with Gasteiger partial charge < -0.3 is 5.11 Å². The van der Waals surface area contributed by atoms with Crippen LogP contribution in [0.25, 0.3) is 0 Å². The first-order valence-corrected chi connectivity index (χ1v) is 4.83. The van der Waals surface area contributed by atoms with Crippen molar-refractivity contribution in [2.75, 3.05) is 0 Å². The zero-order valence-corrected chi connectivity index (χ0v) is 9.35. The molecule has 1 atom stereocenters. The van der Waals surface area contributed by atoms with Crippen molar-refractivity contribution in [3.05, 3.63) is 32.8 Å². The van der Waals surface area contributed by atoms with E-state index in [1.54, 1.807) is 6.07 Å². The van der Waals surface area contributed by atoms with Gasteiger partial charge in [-0.3, -0.25) is 0 Å². The van der Waals surface area contributed by atoms with Crippen LogP contribution in [0.5, 0.6) is 0 Å². The maximum atomic E-state index is 9.40. The summed E-state index contributed by atoms with van der Waals surface area (Å²) in [5, 5.41) is 10.0. The van der Waals surface area contributed by atoms with Gasteiger partial charge in [-0.2, -0.15) is 0 Å². The SMILES string of the molecule is C#CC(O)c1cc(Cl)c(C)cc1Br. The molecule has 0 radical (unpaired) electrons. The summed E-state index contributed by atoms with van der Waals surface area (Å²) in [5.74, 6) is 2.24. The zero-order chi connectivity index (χ0) is 10.0. The van der Waals surface area contributed by atoms with Crippen molar-refractivity contribution in [1.82, 2.24) is 0 Å². The topological polar surface area (TPSA) is 20.2 Å². The Kier molecular flexibility index (Phi) is 3.38. The molecule has 1 aromatic rings. The standard InChI is InChI=1S/C10H8BrClO/c1-3-10(13)7-5-9(12)6(2)4-8(7)11/h1,4-5,10,13H,2H3. The number of hydrogen-bond acceptors (Lipinski definition) is 1. The molecular weight excluding hydrogens is 251 g/mol. The van der Waals surface area contributed by atoms with Crippen LogP contribution >= 0.6 is 27.5 Å². The van der Waals surface area contributed by atoms with Gasteiger partial charge in [0.2, 0.25) is 0 Å². The highest BCUT2D eigenvalue weighted by molar-refractivity contribution is 9.10. The summed E-state index contributed by atoms with van der Waals surface area (Å²) >= 11 is 9.19. The summed E-state index contributed by atoms with van der Waals surface area (Å²) in [5.41, 5.74) is 1.57. The van der Waals surface area contributed by atoms with Crippen LogP contribution in [-0.2, 0) is 0 Å². The molecular formula is C10H8BrClO. The van der Waals surface area contributed by atoms with Crippen LogP contribution in [0, 0.1) is 19.3 Å². The molecule has 1 rings (SSSR count). The molecule has 0 aromatic heterocycles. The first-order valence-electron chi connectivity index (χ1n) is 3.66. The largest absolute Gasteiger partial charge is 0.376 e. The minimum absolute atomic E-state index is 0.604. The molecule has 1 nitrogen and oxygen atoms in total. The predicted octanol–water partition coefficient (Wildman–Crippen LogP) is 3.08. The maximum absolute atomic E-state index is 9.40. The highest BCUT2D eigenvalue weighted by Crippen LogP contribution is 2.29. The van der Waals surface area contributed by atoms with Gasteiger partial charge in [-0.1, -0.05) is 33.5 Å². The van der Waals surface area contributed by atoms with Gasteiger partial charge in [0.25, 0.3) is 0 Å². The first kappa shape index (κ1) is 10.6. The zero-order valence-electron chi connectivity index (χ0n) is 7.01. The lowest BCUT2D eigenvalue weighted by molar-refractivity contribution is 0.238. The van der Waals surface area contributed by atoms with Crippen LogP contribution < -0.4 is 0 Å². The molecule has 0 amide bonds. The number of benzene rings is 1. The summed E-state index contributed by atoms with van der Waals surface area (Å²) < 4.78 is 0.778. The second kappa shape index (κ2) is 4.15. The van der Waals surface area contributed by atoms with Gasteiger partial charge in [0, 0.05) is 15.1 Å². The molecule has 0 aliphatic rings. The summed E-state index contributed by atoms with van der Waals surface area (Å²) in [7, 11) is 0. The van der Waals surface area contributed by atoms with Crippen molar-refractivity contribution >= 4 is 27.5 Å². The summed E-state index contributed by atoms with van der Waals surface area (Å²) in [4.78, 5) is 0. The molecule has 68 valence electrons. The van der Waals surface area contributed by atoms with Gasteiger partial charge in [-0.05, 0) is 24.6 Å². The Morgan fingerprint density at radius 1 is 1.62 bits per heavy atom. The molecule has 0 bridgehead atoms. The third-order valence-electron chi connectivity index (χ3n) is 1.73. The number of halogens is 2. The Hall–Kier alpha value is -0.490. The lowest BCUT2D eigenvalue weighted by atomic mass is 10.1. The molecule has 13 heavy (non-hydrogen) atoms. The molecule has 0 heterocycles. The predicted molar refractivity (Wildman–Crippen MR) is 57.7 cm³/mol. The highest BCUT2D eigenvalue weighted by atomic mass is 79.9. The summed E-state index contributed by atoms with van der Waals surface area (Å²) in [6.07, 6.45) is 4.19. The van der Waals surface area contributed by atoms with Crippen LogP contribution in [0.1, 0.15) is 17.2 Å². The molecule has 0 saturated heterocycles. The maximum Gasteiger partial charge on any atom is 0.141 e. The number of rotatable bonds is 1. The van der Waals surface area contributed by atoms with Crippen LogP contribution in [-0.4, -0.2) is 5.11 Å². The second-order valence-electron chi connectivity index (χ2n) is 2.69. The fraction of sp³-hybridized carbons (Fsp3) is 0.200. The van der Waals surface area contributed by atoms with E-state index in [9.17, 15) is 5.11 Å². The van der Waals surface area contributed by atoms with Crippen molar-refractivity contribution in [1.29, 1.82) is 0 Å². The van der Waals surface area contributed by atoms with Crippen molar-refractivity contribution in [2.24, 2.45) is 0 Å². The van der Waals surface area contributed by atoms with E-state index >= 15 is 0 Å². The average Bonchev–Trinajstić information content (AvgIpc) is 2.10. The third kappa shape index (κ3) is 2.25. The lowest BCUT2D eigenvalue weighted by Gasteiger charge is -2.08. The number of terminal acetylenes is 1. The number of hydrogen-bond donors (Lipinski definition) is 1. The minimum Gasteiger partial charge on any atom is -0.376 e. The van der Waals surface area contributed by atoms with Crippen molar-refractivity contribution in [3.63, 3.8) is 0 Å². The van der Waals surface area contributed by atoms with Gasteiger partial charge in [0.15, 0.2) is 0 Å². The Balaban J connectivity index is 3.25. The quantitative estimate of drug-likeness (QED) is 0.769. The van der Waals surface area contributed by atoms with Gasteiger partial charge in [-0.15, -0.1) is 6.42 Å². The number of aliphatic hydroxyl groups is 1. The van der Waals surface area contributed by atoms with Crippen LogP contribution in [0.4, 0.5) is 0 Å². The van der Waals surface area contributed by atoms with Gasteiger partial charge >= 0.3 is 0 Å². The minimum atomic E-state index is -0.910. The molecule has 1 unspecified atom stereocenters. The van der Waals surface area contributed by atoms with Crippen molar-refractivity contribution in [2.45, 2.75) is 13.0 Å². The van der Waals surface area contributed by atoms with Crippen LogP contribution in [0.15, 0.2) is 16.6 Å². The van der Waals surface area contributed by atoms with E-state index in [1.165, 1.54) is 0 Å².